The van der Waals surface area contributed by atoms with Crippen molar-refractivity contribution in [2.24, 2.45) is 5.92 Å². The average Bonchev–Trinajstić information content (AvgIpc) is 2.67. The summed E-state index contributed by atoms with van der Waals surface area (Å²) in [6.07, 6.45) is -2.54. The van der Waals surface area contributed by atoms with Crippen LogP contribution in [0.4, 0.5) is 22.0 Å². The first-order valence-electron chi connectivity index (χ1n) is 5.29. The Balaban J connectivity index is 2.30. The topological polar surface area (TPSA) is 26.3 Å². The molecule has 100 valence electrons. The van der Waals surface area contributed by atoms with E-state index in [-0.39, 0.29) is 11.7 Å². The van der Waals surface area contributed by atoms with Crippen LogP contribution in [0.1, 0.15) is 25.7 Å². The third-order valence-electron chi connectivity index (χ3n) is 2.75. The lowest BCUT2D eigenvalue weighted by atomic mass is 10.0. The van der Waals surface area contributed by atoms with Gasteiger partial charge in [0.15, 0.2) is 5.78 Å². The molecule has 0 aromatic carbocycles. The number of ether oxygens (including phenoxy) is 1. The van der Waals surface area contributed by atoms with Crippen molar-refractivity contribution in [2.75, 3.05) is 13.2 Å². The van der Waals surface area contributed by atoms with E-state index in [0.717, 1.165) is 12.8 Å². The van der Waals surface area contributed by atoms with Crippen LogP contribution in [0, 0.1) is 5.92 Å². The predicted octanol–water partition coefficient (Wildman–Crippen LogP) is 2.96. The van der Waals surface area contributed by atoms with Gasteiger partial charge in [-0.05, 0) is 12.8 Å². The van der Waals surface area contributed by atoms with Crippen molar-refractivity contribution in [2.45, 2.75) is 37.8 Å². The van der Waals surface area contributed by atoms with Crippen LogP contribution in [-0.4, -0.2) is 31.1 Å². The number of alkyl halides is 5. The molecule has 1 saturated carbocycles. The molecular formula is C10H13F5O2. The fourth-order valence-electron chi connectivity index (χ4n) is 1.73. The molecule has 0 bridgehead atoms. The molecule has 1 aliphatic rings. The first kappa shape index (κ1) is 14.3. The van der Waals surface area contributed by atoms with E-state index in [1.807, 2.05) is 0 Å². The predicted molar refractivity (Wildman–Crippen MR) is 48.8 cm³/mol. The summed E-state index contributed by atoms with van der Waals surface area (Å²) < 4.78 is 64.2. The van der Waals surface area contributed by atoms with Gasteiger partial charge in [0.05, 0.1) is 0 Å². The monoisotopic (exact) mass is 260 g/mol. The second-order valence-electron chi connectivity index (χ2n) is 4.14. The van der Waals surface area contributed by atoms with Gasteiger partial charge in [-0.3, -0.25) is 4.79 Å². The van der Waals surface area contributed by atoms with E-state index < -0.39 is 25.3 Å². The number of hydrogen-bond donors (Lipinski definition) is 0. The standard InChI is InChI=1S/C10H13F5O2/c11-9(12,10(13,14)15)6-17-5-8(16)7-3-1-2-4-7/h7H,1-6H2. The van der Waals surface area contributed by atoms with Crippen LogP contribution < -0.4 is 0 Å². The molecule has 1 rings (SSSR count). The highest BCUT2D eigenvalue weighted by Crippen LogP contribution is 2.35. The highest BCUT2D eigenvalue weighted by atomic mass is 19.4. The number of Topliss-reactive ketones (excluding diaryl/α,β-unsaturated/α-hetero) is 1. The molecule has 2 nitrogen and oxygen atoms in total. The van der Waals surface area contributed by atoms with Crippen molar-refractivity contribution >= 4 is 5.78 Å². The Hall–Kier alpha value is -0.720. The minimum atomic E-state index is -5.64. The van der Waals surface area contributed by atoms with E-state index in [2.05, 4.69) is 4.74 Å². The molecule has 1 fully saturated rings. The van der Waals surface area contributed by atoms with Crippen LogP contribution in [0.3, 0.4) is 0 Å². The minimum absolute atomic E-state index is 0.241. The van der Waals surface area contributed by atoms with Gasteiger partial charge < -0.3 is 4.74 Å². The van der Waals surface area contributed by atoms with Gasteiger partial charge >= 0.3 is 12.1 Å². The Kier molecular flexibility index (Phi) is 4.46. The molecule has 0 aromatic heterocycles. The normalized spacial score (nSPS) is 18.6. The summed E-state index contributed by atoms with van der Waals surface area (Å²) in [5.41, 5.74) is 0. The van der Waals surface area contributed by atoms with E-state index in [1.54, 1.807) is 0 Å². The fourth-order valence-corrected chi connectivity index (χ4v) is 1.73. The number of carbonyl (C=O) groups excluding carboxylic acids is 1. The third kappa shape index (κ3) is 3.90. The molecule has 0 unspecified atom stereocenters. The van der Waals surface area contributed by atoms with E-state index in [1.165, 1.54) is 0 Å². The zero-order chi connectivity index (χ0) is 13.1. The third-order valence-corrected chi connectivity index (χ3v) is 2.75. The van der Waals surface area contributed by atoms with Crippen molar-refractivity contribution in [1.29, 1.82) is 0 Å². The summed E-state index contributed by atoms with van der Waals surface area (Å²) in [5, 5.41) is 0. The van der Waals surface area contributed by atoms with Crippen molar-refractivity contribution in [1.82, 2.24) is 0 Å². The molecule has 0 amide bonds. The van der Waals surface area contributed by atoms with Crippen molar-refractivity contribution in [3.8, 4) is 0 Å². The molecular weight excluding hydrogens is 247 g/mol. The molecule has 0 radical (unpaired) electrons. The molecule has 0 aliphatic heterocycles. The molecule has 17 heavy (non-hydrogen) atoms. The van der Waals surface area contributed by atoms with Crippen molar-refractivity contribution in [3.05, 3.63) is 0 Å². The number of hydrogen-bond acceptors (Lipinski definition) is 2. The largest absolute Gasteiger partial charge is 0.455 e. The Morgan fingerprint density at radius 1 is 1.12 bits per heavy atom. The minimum Gasteiger partial charge on any atom is -0.367 e. The molecule has 0 spiro atoms. The van der Waals surface area contributed by atoms with Crippen molar-refractivity contribution < 1.29 is 31.5 Å². The maximum Gasteiger partial charge on any atom is 0.455 e. The summed E-state index contributed by atoms with van der Waals surface area (Å²) in [6.45, 7) is -2.47. The maximum atomic E-state index is 12.4. The summed E-state index contributed by atoms with van der Waals surface area (Å²) in [4.78, 5) is 11.3. The Labute approximate surface area is 95.1 Å². The zero-order valence-electron chi connectivity index (χ0n) is 9.03. The average molecular weight is 260 g/mol. The Bertz CT molecular complexity index is 268. The van der Waals surface area contributed by atoms with Crippen molar-refractivity contribution in [3.63, 3.8) is 0 Å². The van der Waals surface area contributed by atoms with Gasteiger partial charge in [-0.1, -0.05) is 12.8 Å². The van der Waals surface area contributed by atoms with Gasteiger partial charge in [-0.2, -0.15) is 22.0 Å². The molecule has 0 N–H and O–H groups in total. The van der Waals surface area contributed by atoms with Gasteiger partial charge in [-0.15, -0.1) is 0 Å². The lowest BCUT2D eigenvalue weighted by Gasteiger charge is -2.19. The van der Waals surface area contributed by atoms with Gasteiger partial charge in [0.1, 0.15) is 13.2 Å². The molecule has 0 aromatic rings. The first-order valence-corrected chi connectivity index (χ1v) is 5.29. The van der Waals surface area contributed by atoms with E-state index in [0.29, 0.717) is 12.8 Å². The quantitative estimate of drug-likeness (QED) is 0.710. The molecule has 7 heteroatoms. The Morgan fingerprint density at radius 3 is 2.12 bits per heavy atom. The SMILES string of the molecule is O=C(COCC(F)(F)C(F)(F)F)C1CCCC1. The summed E-state index contributed by atoms with van der Waals surface area (Å²) in [7, 11) is 0. The van der Waals surface area contributed by atoms with Crippen LogP contribution in [0.15, 0.2) is 0 Å². The first-order chi connectivity index (χ1) is 7.74. The number of halogens is 5. The summed E-state index contributed by atoms with van der Waals surface area (Å²) >= 11 is 0. The lowest BCUT2D eigenvalue weighted by molar-refractivity contribution is -0.296. The van der Waals surface area contributed by atoms with E-state index in [4.69, 9.17) is 0 Å². The lowest BCUT2D eigenvalue weighted by Crippen LogP contribution is -2.41. The van der Waals surface area contributed by atoms with E-state index in [9.17, 15) is 26.7 Å². The van der Waals surface area contributed by atoms with Crippen LogP contribution in [0.25, 0.3) is 0 Å². The molecule has 0 heterocycles. The summed E-state index contributed by atoms with van der Waals surface area (Å²) in [5.74, 6) is -5.53. The summed E-state index contributed by atoms with van der Waals surface area (Å²) in [6, 6.07) is 0. The molecule has 1 aliphatic carbocycles. The van der Waals surface area contributed by atoms with Crippen LogP contribution >= 0.6 is 0 Å². The smallest absolute Gasteiger partial charge is 0.367 e. The van der Waals surface area contributed by atoms with Gasteiger partial charge in [0, 0.05) is 5.92 Å². The second-order valence-corrected chi connectivity index (χ2v) is 4.14. The van der Waals surface area contributed by atoms with Crippen LogP contribution in [0.5, 0.6) is 0 Å². The zero-order valence-corrected chi connectivity index (χ0v) is 9.03. The van der Waals surface area contributed by atoms with Gasteiger partial charge in [0.2, 0.25) is 0 Å². The van der Waals surface area contributed by atoms with Gasteiger partial charge in [0.25, 0.3) is 0 Å². The fraction of sp³-hybridized carbons (Fsp3) is 0.900. The number of ketones is 1. The highest BCUT2D eigenvalue weighted by Gasteiger charge is 2.57. The maximum absolute atomic E-state index is 12.4. The number of carbonyl (C=O) groups is 1. The van der Waals surface area contributed by atoms with E-state index >= 15 is 0 Å². The number of rotatable bonds is 5. The Morgan fingerprint density at radius 2 is 1.65 bits per heavy atom. The molecule has 0 saturated heterocycles. The van der Waals surface area contributed by atoms with Crippen LogP contribution in [-0.2, 0) is 9.53 Å². The van der Waals surface area contributed by atoms with Gasteiger partial charge in [-0.25, -0.2) is 0 Å². The molecule has 0 atom stereocenters. The highest BCUT2D eigenvalue weighted by molar-refractivity contribution is 5.82. The second kappa shape index (κ2) is 5.29. The van der Waals surface area contributed by atoms with Crippen LogP contribution in [0.2, 0.25) is 0 Å².